The van der Waals surface area contributed by atoms with Crippen molar-refractivity contribution in [3.63, 3.8) is 0 Å². The molecule has 0 aromatic heterocycles. The molecule has 2 rings (SSSR count). The molecule has 1 fully saturated rings. The largest absolute Gasteiger partial charge is 0.357 e. The quantitative estimate of drug-likeness (QED) is 0.195. The average Bonchev–Trinajstić information content (AvgIpc) is 2.72. The van der Waals surface area contributed by atoms with Crippen LogP contribution in [0.15, 0.2) is 34.2 Å². The lowest BCUT2D eigenvalue weighted by molar-refractivity contribution is 0.222. The van der Waals surface area contributed by atoms with Crippen LogP contribution in [0.5, 0.6) is 0 Å². The number of nitrogens with zero attached hydrogens (tertiary/aromatic N) is 3. The van der Waals surface area contributed by atoms with Crippen LogP contribution in [0.2, 0.25) is 0 Å². The third-order valence-corrected chi connectivity index (χ3v) is 7.57. The average molecular weight is 570 g/mol. The summed E-state index contributed by atoms with van der Waals surface area (Å²) in [7, 11) is -1.49. The second kappa shape index (κ2) is 14.5. The minimum Gasteiger partial charge on any atom is -0.357 e. The summed E-state index contributed by atoms with van der Waals surface area (Å²) in [4.78, 5) is 7.14. The second-order valence-electron chi connectivity index (χ2n) is 7.14. The third kappa shape index (κ3) is 8.52. The number of aliphatic imine (C=N–C) groups is 1. The van der Waals surface area contributed by atoms with Gasteiger partial charge in [0.1, 0.15) is 0 Å². The van der Waals surface area contributed by atoms with E-state index in [0.29, 0.717) is 24.5 Å². The van der Waals surface area contributed by atoms with Gasteiger partial charge in [-0.2, -0.15) is 16.1 Å². The highest BCUT2D eigenvalue weighted by Crippen LogP contribution is 2.22. The molecule has 1 aromatic carbocycles. The highest BCUT2D eigenvalue weighted by molar-refractivity contribution is 14.0. The Labute approximate surface area is 203 Å². The number of nitrogens with one attached hydrogen (secondary N) is 2. The van der Waals surface area contributed by atoms with Gasteiger partial charge in [0.15, 0.2) is 5.96 Å². The van der Waals surface area contributed by atoms with Gasteiger partial charge in [0.05, 0.1) is 11.4 Å². The monoisotopic (exact) mass is 569 g/mol. The lowest BCUT2D eigenvalue weighted by atomic mass is 10.2. The number of sulfonamides is 1. The van der Waals surface area contributed by atoms with Gasteiger partial charge in [-0.3, -0.25) is 0 Å². The Morgan fingerprint density at radius 3 is 2.50 bits per heavy atom. The molecule has 7 nitrogen and oxygen atoms in total. The lowest BCUT2D eigenvalue weighted by Gasteiger charge is -2.32. The summed E-state index contributed by atoms with van der Waals surface area (Å²) in [6, 6.07) is 7.21. The van der Waals surface area contributed by atoms with Gasteiger partial charge in [-0.15, -0.1) is 24.0 Å². The van der Waals surface area contributed by atoms with Gasteiger partial charge in [0.2, 0.25) is 10.0 Å². The molecular weight excluding hydrogens is 533 g/mol. The predicted octanol–water partition coefficient (Wildman–Crippen LogP) is 2.44. The topological polar surface area (TPSA) is 77.0 Å². The highest BCUT2D eigenvalue weighted by atomic mass is 127. The Kier molecular flexibility index (Phi) is 13.3. The zero-order chi connectivity index (χ0) is 21.1. The predicted molar refractivity (Wildman–Crippen MR) is 139 cm³/mol. The first-order chi connectivity index (χ1) is 14.0. The molecule has 1 aromatic rings. The van der Waals surface area contributed by atoms with E-state index in [1.165, 1.54) is 6.42 Å². The van der Waals surface area contributed by atoms with Gasteiger partial charge in [0.25, 0.3) is 0 Å². The number of unbranched alkanes of at least 4 members (excludes halogenated alkanes) is 1. The van der Waals surface area contributed by atoms with Crippen LogP contribution in [-0.4, -0.2) is 81.9 Å². The van der Waals surface area contributed by atoms with Crippen LogP contribution < -0.4 is 10.6 Å². The van der Waals surface area contributed by atoms with E-state index < -0.39 is 10.0 Å². The Morgan fingerprint density at radius 1 is 1.13 bits per heavy atom. The molecule has 0 spiro atoms. The number of hydrogen-bond donors (Lipinski definition) is 2. The van der Waals surface area contributed by atoms with Crippen LogP contribution >= 0.6 is 35.7 Å². The maximum atomic E-state index is 13.2. The summed E-state index contributed by atoms with van der Waals surface area (Å²) in [5.74, 6) is 1.89. The molecule has 1 aliphatic rings. The fourth-order valence-corrected chi connectivity index (χ4v) is 5.27. The molecule has 0 atom stereocenters. The van der Waals surface area contributed by atoms with Crippen molar-refractivity contribution in [2.75, 3.05) is 58.3 Å². The molecule has 1 saturated heterocycles. The van der Waals surface area contributed by atoms with Gasteiger partial charge in [-0.05, 0) is 50.5 Å². The number of piperazine rings is 1. The Bertz CT molecular complexity index is 753. The summed E-state index contributed by atoms with van der Waals surface area (Å²) < 4.78 is 28.0. The number of likely N-dealkylation sites (N-methyl/N-ethyl adjacent to an activating group) is 1. The van der Waals surface area contributed by atoms with Crippen molar-refractivity contribution in [1.29, 1.82) is 0 Å². The standard InChI is InChI=1S/C20H35N5O2S2.HI/c1-4-21-20(22-11-7-8-16-28-3)23-17-18-9-5-6-10-19(18)29(26,27)25-14-12-24(2)13-15-25;/h5-6,9-10H,4,7-8,11-17H2,1-3H3,(H2,21,22,23);1H. The summed E-state index contributed by atoms with van der Waals surface area (Å²) in [6.07, 6.45) is 4.37. The smallest absolute Gasteiger partial charge is 0.243 e. The van der Waals surface area contributed by atoms with Crippen LogP contribution in [0.1, 0.15) is 25.3 Å². The van der Waals surface area contributed by atoms with Gasteiger partial charge < -0.3 is 15.5 Å². The van der Waals surface area contributed by atoms with Crippen molar-refractivity contribution < 1.29 is 8.42 Å². The van der Waals surface area contributed by atoms with Crippen LogP contribution in [-0.2, 0) is 16.6 Å². The molecule has 0 unspecified atom stereocenters. The molecule has 0 aliphatic carbocycles. The third-order valence-electron chi connectivity index (χ3n) is 4.87. The highest BCUT2D eigenvalue weighted by Gasteiger charge is 2.29. The second-order valence-corrected chi connectivity index (χ2v) is 10.0. The molecule has 0 saturated carbocycles. The van der Waals surface area contributed by atoms with E-state index in [4.69, 9.17) is 0 Å². The first-order valence-corrected chi connectivity index (χ1v) is 13.1. The van der Waals surface area contributed by atoms with Gasteiger partial charge >= 0.3 is 0 Å². The normalized spacial score (nSPS) is 16.2. The van der Waals surface area contributed by atoms with Crippen LogP contribution in [0.4, 0.5) is 0 Å². The van der Waals surface area contributed by atoms with Crippen molar-refractivity contribution in [1.82, 2.24) is 19.8 Å². The van der Waals surface area contributed by atoms with Crippen molar-refractivity contribution in [2.45, 2.75) is 31.2 Å². The Morgan fingerprint density at radius 2 is 1.83 bits per heavy atom. The number of thioether (sulfide) groups is 1. The van der Waals surface area contributed by atoms with Crippen LogP contribution in [0, 0.1) is 0 Å². The summed E-state index contributed by atoms with van der Waals surface area (Å²) >= 11 is 1.86. The molecule has 0 radical (unpaired) electrons. The van der Waals surface area contributed by atoms with Crippen LogP contribution in [0.3, 0.4) is 0 Å². The van der Waals surface area contributed by atoms with E-state index in [0.717, 1.165) is 49.9 Å². The SMILES string of the molecule is CCNC(=NCc1ccccc1S(=O)(=O)N1CCN(C)CC1)NCCCCSC.I. The summed E-state index contributed by atoms with van der Waals surface area (Å²) in [5.41, 5.74) is 0.728. The number of hydrogen-bond acceptors (Lipinski definition) is 5. The first kappa shape index (κ1) is 27.5. The maximum Gasteiger partial charge on any atom is 0.243 e. The number of halogens is 1. The summed E-state index contributed by atoms with van der Waals surface area (Å²) in [5, 5.41) is 6.58. The molecule has 2 N–H and O–H groups in total. The molecule has 0 bridgehead atoms. The van der Waals surface area contributed by atoms with E-state index >= 15 is 0 Å². The molecular formula is C20H36IN5O2S2. The summed E-state index contributed by atoms with van der Waals surface area (Å²) in [6.45, 7) is 6.52. The minimum absolute atomic E-state index is 0. The van der Waals surface area contributed by atoms with Crippen LogP contribution in [0.25, 0.3) is 0 Å². The molecule has 0 amide bonds. The van der Waals surface area contributed by atoms with Gasteiger partial charge in [0, 0.05) is 39.3 Å². The van der Waals surface area contributed by atoms with Crippen molar-refractivity contribution in [3.05, 3.63) is 29.8 Å². The molecule has 30 heavy (non-hydrogen) atoms. The van der Waals surface area contributed by atoms with Crippen molar-refractivity contribution in [3.8, 4) is 0 Å². The van der Waals surface area contributed by atoms with E-state index in [1.54, 1.807) is 16.4 Å². The number of benzene rings is 1. The fraction of sp³-hybridized carbons (Fsp3) is 0.650. The number of guanidine groups is 1. The fourth-order valence-electron chi connectivity index (χ4n) is 3.14. The van der Waals surface area contributed by atoms with E-state index in [9.17, 15) is 8.42 Å². The number of rotatable bonds is 10. The molecule has 1 aliphatic heterocycles. The molecule has 1 heterocycles. The molecule has 10 heteroatoms. The Hall–Kier alpha value is -0.560. The van der Waals surface area contributed by atoms with E-state index in [-0.39, 0.29) is 24.0 Å². The lowest BCUT2D eigenvalue weighted by Crippen LogP contribution is -2.47. The Balaban J connectivity index is 0.00000450. The van der Waals surface area contributed by atoms with E-state index in [2.05, 4.69) is 26.8 Å². The van der Waals surface area contributed by atoms with Gasteiger partial charge in [-0.1, -0.05) is 18.2 Å². The minimum atomic E-state index is -3.51. The molecule has 172 valence electrons. The van der Waals surface area contributed by atoms with Gasteiger partial charge in [-0.25, -0.2) is 13.4 Å². The van der Waals surface area contributed by atoms with E-state index in [1.807, 2.05) is 37.9 Å². The van der Waals surface area contributed by atoms with Crippen molar-refractivity contribution in [2.24, 2.45) is 4.99 Å². The first-order valence-electron chi connectivity index (χ1n) is 10.3. The maximum absolute atomic E-state index is 13.2. The van der Waals surface area contributed by atoms with Crippen molar-refractivity contribution >= 4 is 51.7 Å². The zero-order valence-corrected chi connectivity index (χ0v) is 22.2. The zero-order valence-electron chi connectivity index (χ0n) is 18.3.